The maximum absolute atomic E-state index is 14.5. The number of likely N-dealkylation sites (tertiary alicyclic amines) is 2. The number of nitrogens with one attached hydrogen (secondary N) is 2. The molecule has 2 aliphatic rings. The summed E-state index contributed by atoms with van der Waals surface area (Å²) in [4.78, 5) is 70.1. The highest BCUT2D eigenvalue weighted by Gasteiger charge is 2.45. The van der Waals surface area contributed by atoms with Crippen LogP contribution in [0.25, 0.3) is 21.8 Å². The van der Waals surface area contributed by atoms with E-state index >= 15 is 0 Å². The first-order chi connectivity index (χ1) is 32.6. The molecule has 16 nitrogen and oxygen atoms in total. The summed E-state index contributed by atoms with van der Waals surface area (Å²) in [5.41, 5.74) is 7.75. The average Bonchev–Trinajstić information content (AvgIpc) is 4.19. The van der Waals surface area contributed by atoms with Gasteiger partial charge in [-0.3, -0.25) is 19.2 Å². The van der Waals surface area contributed by atoms with Gasteiger partial charge in [-0.15, -0.1) is 11.3 Å². The SMILES string of the molecule is Cc1cc([C@H](C(=O)N2C[C@H](OCc3cc([C@H](C(=O)N4C[C@H](O)C[C@H]4C(=O)N[C@@H](C)c4ccc(-c5cnco5)cc4)C(C)C)on3)C[C@H]2C(=O)NCc2ccc(-c3scnc3C)cc2)C(C)C)sn1. The maximum Gasteiger partial charge on any atom is 0.243 e. The second-order valence-corrected chi connectivity index (χ2v) is 20.2. The van der Waals surface area contributed by atoms with E-state index in [2.05, 4.69) is 30.1 Å². The van der Waals surface area contributed by atoms with Gasteiger partial charge in [-0.1, -0.05) is 81.4 Å². The normalized spacial score (nSPS) is 19.7. The van der Waals surface area contributed by atoms with E-state index in [1.165, 1.54) is 22.8 Å². The number of nitrogens with zero attached hydrogens (tertiary/aromatic N) is 6. The fourth-order valence-electron chi connectivity index (χ4n) is 9.17. The van der Waals surface area contributed by atoms with E-state index in [9.17, 15) is 24.3 Å². The molecule has 18 heteroatoms. The quantitative estimate of drug-likeness (QED) is 0.0821. The Morgan fingerprint density at radius 3 is 2.21 bits per heavy atom. The van der Waals surface area contributed by atoms with Crippen LogP contribution < -0.4 is 10.6 Å². The van der Waals surface area contributed by atoms with Crippen LogP contribution in [0.3, 0.4) is 0 Å². The number of aryl methyl sites for hydroxylation is 2. The van der Waals surface area contributed by atoms with E-state index < -0.39 is 36.1 Å². The van der Waals surface area contributed by atoms with Crippen molar-refractivity contribution in [1.82, 2.24) is 39.9 Å². The van der Waals surface area contributed by atoms with Crippen molar-refractivity contribution in [3.8, 4) is 21.8 Å². The molecular formula is C50H58N8O8S2. The van der Waals surface area contributed by atoms with Crippen LogP contribution in [0.5, 0.6) is 0 Å². The zero-order chi connectivity index (χ0) is 48.2. The Bertz CT molecular complexity index is 2680. The van der Waals surface area contributed by atoms with Crippen LogP contribution in [0.15, 0.2) is 87.7 Å². The van der Waals surface area contributed by atoms with Gasteiger partial charge in [0.2, 0.25) is 23.6 Å². The predicted octanol–water partition coefficient (Wildman–Crippen LogP) is 7.35. The van der Waals surface area contributed by atoms with Crippen LogP contribution in [0.2, 0.25) is 0 Å². The van der Waals surface area contributed by atoms with Gasteiger partial charge >= 0.3 is 0 Å². The monoisotopic (exact) mass is 962 g/mol. The Balaban J connectivity index is 0.924. The Morgan fingerprint density at radius 2 is 1.56 bits per heavy atom. The van der Waals surface area contributed by atoms with Gasteiger partial charge in [-0.05, 0) is 66.9 Å². The zero-order valence-corrected chi connectivity index (χ0v) is 40.9. The number of aromatic nitrogens is 4. The minimum absolute atomic E-state index is 0.00149. The molecule has 2 aromatic carbocycles. The Kier molecular flexibility index (Phi) is 15.0. The highest BCUT2D eigenvalue weighted by Crippen LogP contribution is 2.36. The van der Waals surface area contributed by atoms with Crippen LogP contribution in [0.4, 0.5) is 0 Å². The van der Waals surface area contributed by atoms with E-state index in [1.54, 1.807) is 28.5 Å². The fraction of sp³-hybridized carbons (Fsp3) is 0.440. The van der Waals surface area contributed by atoms with Crippen LogP contribution in [0, 0.1) is 25.7 Å². The molecule has 6 heterocycles. The molecule has 0 aliphatic carbocycles. The van der Waals surface area contributed by atoms with E-state index in [-0.39, 0.29) is 80.6 Å². The van der Waals surface area contributed by atoms with Gasteiger partial charge in [0.15, 0.2) is 12.2 Å². The lowest BCUT2D eigenvalue weighted by molar-refractivity contribution is -0.141. The molecule has 0 spiro atoms. The van der Waals surface area contributed by atoms with Gasteiger partial charge < -0.3 is 39.2 Å². The third-order valence-corrected chi connectivity index (χ3v) is 14.7. The summed E-state index contributed by atoms with van der Waals surface area (Å²) in [6.45, 7) is 14.0. The molecule has 2 fully saturated rings. The minimum atomic E-state index is -0.895. The number of hydrogen-bond acceptors (Lipinski definition) is 14. The van der Waals surface area contributed by atoms with Crippen LogP contribution >= 0.6 is 22.9 Å². The lowest BCUT2D eigenvalue weighted by Crippen LogP contribution is -2.48. The van der Waals surface area contributed by atoms with E-state index in [1.807, 2.05) is 109 Å². The van der Waals surface area contributed by atoms with E-state index in [4.69, 9.17) is 13.7 Å². The van der Waals surface area contributed by atoms with Crippen molar-refractivity contribution in [2.24, 2.45) is 11.8 Å². The zero-order valence-electron chi connectivity index (χ0n) is 39.2. The molecule has 0 unspecified atom stereocenters. The number of aliphatic hydroxyl groups excluding tert-OH is 1. The molecule has 0 saturated carbocycles. The van der Waals surface area contributed by atoms with E-state index in [0.29, 0.717) is 17.2 Å². The van der Waals surface area contributed by atoms with Gasteiger partial charge in [-0.25, -0.2) is 9.97 Å². The maximum atomic E-state index is 14.5. The summed E-state index contributed by atoms with van der Waals surface area (Å²) < 4.78 is 22.0. The highest BCUT2D eigenvalue weighted by molar-refractivity contribution is 7.13. The molecule has 0 radical (unpaired) electrons. The Morgan fingerprint density at radius 1 is 0.868 bits per heavy atom. The number of benzene rings is 2. The molecule has 358 valence electrons. The Labute approximate surface area is 403 Å². The standard InChI is InChI=1S/C50H58N8O8S2/c1-27(2)44(49(62)57-22-37(59)18-39(57)48(61)54-30(6)33-12-14-34(15-13-33)42-21-51-25-65-42)41-17-36(55-66-41)24-64-38-19-40(58(23-38)50(63)45(28(3)4)43-16-29(5)56-68-43)47(60)52-20-32-8-10-35(11-9-32)46-31(7)53-26-67-46/h8-17,21,25-28,30,37-40,44-45,59H,18-20,22-24H2,1-7H3,(H,52,60)(H,54,61)/t30-,37+,38+,39-,40-,44+,45+/m0/s1. The second-order valence-electron chi connectivity index (χ2n) is 18.5. The molecule has 7 atom stereocenters. The third kappa shape index (κ3) is 10.8. The number of rotatable bonds is 17. The molecule has 2 aliphatic heterocycles. The number of amides is 4. The van der Waals surface area contributed by atoms with Crippen molar-refractivity contribution in [3.05, 3.63) is 118 Å². The first kappa shape index (κ1) is 48.4. The number of hydrogen-bond donors (Lipinski definition) is 3. The first-order valence-corrected chi connectivity index (χ1v) is 24.7. The molecule has 2 saturated heterocycles. The van der Waals surface area contributed by atoms with Crippen molar-refractivity contribution in [2.75, 3.05) is 13.1 Å². The number of oxazole rings is 1. The molecule has 0 bridgehead atoms. The van der Waals surface area contributed by atoms with Crippen molar-refractivity contribution < 1.29 is 38.0 Å². The van der Waals surface area contributed by atoms with Gasteiger partial charge in [0.25, 0.3) is 0 Å². The topological polar surface area (TPSA) is 206 Å². The second kappa shape index (κ2) is 21.1. The summed E-state index contributed by atoms with van der Waals surface area (Å²) in [6, 6.07) is 17.1. The molecule has 4 amide bonds. The van der Waals surface area contributed by atoms with Gasteiger partial charge in [0, 0.05) is 49.0 Å². The summed E-state index contributed by atoms with van der Waals surface area (Å²) in [5.74, 6) is -1.82. The molecule has 8 rings (SSSR count). The van der Waals surface area contributed by atoms with Crippen molar-refractivity contribution in [2.45, 2.75) is 117 Å². The van der Waals surface area contributed by atoms with Crippen molar-refractivity contribution in [1.29, 1.82) is 0 Å². The summed E-state index contributed by atoms with van der Waals surface area (Å²) >= 11 is 2.89. The smallest absolute Gasteiger partial charge is 0.243 e. The largest absolute Gasteiger partial charge is 0.444 e. The number of thiazole rings is 1. The molecular weight excluding hydrogens is 905 g/mol. The number of carbonyl (C=O) groups excluding carboxylic acids is 4. The number of ether oxygens (including phenoxy) is 1. The Hall–Kier alpha value is -6.08. The molecule has 4 aromatic heterocycles. The molecule has 3 N–H and O–H groups in total. The number of carbonyl (C=O) groups is 4. The van der Waals surface area contributed by atoms with Gasteiger partial charge in [0.1, 0.15) is 29.5 Å². The lowest BCUT2D eigenvalue weighted by atomic mass is 9.91. The first-order valence-electron chi connectivity index (χ1n) is 23.0. The summed E-state index contributed by atoms with van der Waals surface area (Å²) in [5, 5.41) is 21.1. The highest BCUT2D eigenvalue weighted by atomic mass is 32.1. The number of aliphatic hydroxyl groups is 1. The minimum Gasteiger partial charge on any atom is -0.444 e. The average molecular weight is 963 g/mol. The molecule has 6 aromatic rings. The predicted molar refractivity (Wildman–Crippen MR) is 256 cm³/mol. The van der Waals surface area contributed by atoms with E-state index in [0.717, 1.165) is 43.4 Å². The van der Waals surface area contributed by atoms with Gasteiger partial charge in [-0.2, -0.15) is 4.37 Å². The van der Waals surface area contributed by atoms with Crippen molar-refractivity contribution in [3.63, 3.8) is 0 Å². The van der Waals surface area contributed by atoms with Crippen LogP contribution in [-0.4, -0.2) is 95.4 Å². The molecule has 68 heavy (non-hydrogen) atoms. The summed E-state index contributed by atoms with van der Waals surface area (Å²) in [7, 11) is 0. The van der Waals surface area contributed by atoms with Crippen LogP contribution in [-0.2, 0) is 37.1 Å². The number of β-amino-alcohol motifs (C(OH)–C–C–N with tert-alkyl or cyclic N) is 1. The van der Waals surface area contributed by atoms with Gasteiger partial charge in [0.05, 0.1) is 58.7 Å². The third-order valence-electron chi connectivity index (χ3n) is 12.8. The van der Waals surface area contributed by atoms with Crippen molar-refractivity contribution >= 4 is 46.5 Å². The van der Waals surface area contributed by atoms with Crippen LogP contribution in [0.1, 0.15) is 104 Å². The fourth-order valence-corrected chi connectivity index (χ4v) is 11.0. The lowest BCUT2D eigenvalue weighted by Gasteiger charge is -2.29. The summed E-state index contributed by atoms with van der Waals surface area (Å²) in [6.07, 6.45) is 1.97.